The first-order chi connectivity index (χ1) is 16.2. The van der Waals surface area contributed by atoms with Crippen molar-refractivity contribution in [2.24, 2.45) is 5.10 Å². The average molecular weight is 479 g/mol. The highest BCUT2D eigenvalue weighted by atomic mass is 32.2. The third-order valence-corrected chi connectivity index (χ3v) is 7.12. The molecule has 0 spiro atoms. The van der Waals surface area contributed by atoms with Crippen LogP contribution in [-0.4, -0.2) is 41.2 Å². The summed E-state index contributed by atoms with van der Waals surface area (Å²) in [6.45, 7) is 3.44. The second-order valence-electron chi connectivity index (χ2n) is 8.09. The summed E-state index contributed by atoms with van der Waals surface area (Å²) in [5, 5.41) is 4.01. The number of hydrazone groups is 1. The third-order valence-electron chi connectivity index (χ3n) is 5.35. The number of nitrogens with one attached hydrogen (secondary N) is 1. The van der Waals surface area contributed by atoms with Crippen molar-refractivity contribution < 1.29 is 13.2 Å². The number of hydrogen-bond acceptors (Lipinski definition) is 5. The van der Waals surface area contributed by atoms with E-state index in [0.29, 0.717) is 12.1 Å². The van der Waals surface area contributed by atoms with Crippen molar-refractivity contribution in [3.8, 4) is 0 Å². The van der Waals surface area contributed by atoms with Crippen LogP contribution in [0, 0.1) is 6.92 Å². The van der Waals surface area contributed by atoms with Gasteiger partial charge in [0.15, 0.2) is 0 Å². The molecule has 1 amide bonds. The molecule has 0 aliphatic rings. The molecule has 0 radical (unpaired) electrons. The number of rotatable bonds is 9. The minimum absolute atomic E-state index is 0.126. The summed E-state index contributed by atoms with van der Waals surface area (Å²) in [6, 6.07) is 21.4. The van der Waals surface area contributed by atoms with Crippen LogP contribution in [0.4, 0.5) is 11.4 Å². The number of anilines is 2. The Morgan fingerprint density at radius 1 is 0.971 bits per heavy atom. The number of sulfonamides is 1. The lowest BCUT2D eigenvalue weighted by Crippen LogP contribution is -2.40. The molecular formula is C26H30N4O3S. The molecule has 0 saturated carbocycles. The fraction of sp³-hybridized carbons (Fsp3) is 0.231. The highest BCUT2D eigenvalue weighted by Crippen LogP contribution is 2.27. The van der Waals surface area contributed by atoms with E-state index in [0.717, 1.165) is 26.7 Å². The molecule has 0 heterocycles. The molecule has 3 rings (SSSR count). The van der Waals surface area contributed by atoms with E-state index in [1.165, 1.54) is 6.21 Å². The van der Waals surface area contributed by atoms with Crippen LogP contribution in [0.1, 0.15) is 23.6 Å². The van der Waals surface area contributed by atoms with E-state index in [1.54, 1.807) is 36.4 Å². The topological polar surface area (TPSA) is 82.1 Å². The molecule has 1 N–H and O–H groups in total. The quantitative estimate of drug-likeness (QED) is 0.373. The number of benzene rings is 3. The van der Waals surface area contributed by atoms with Gasteiger partial charge in [-0.3, -0.25) is 9.10 Å². The number of aryl methyl sites for hydroxylation is 2. The molecule has 3 aromatic rings. The first-order valence-corrected chi connectivity index (χ1v) is 12.4. The van der Waals surface area contributed by atoms with Crippen molar-refractivity contribution in [3.63, 3.8) is 0 Å². The SMILES string of the molecule is CCc1ccccc1N(CC(=O)N/N=C\c1ccc(N(C)C)cc1)S(=O)(=O)c1ccc(C)cc1. The molecule has 7 nitrogen and oxygen atoms in total. The van der Waals surface area contributed by atoms with Gasteiger partial charge in [-0.1, -0.05) is 55.0 Å². The van der Waals surface area contributed by atoms with Crippen LogP contribution in [0.3, 0.4) is 0 Å². The molecular weight excluding hydrogens is 448 g/mol. The van der Waals surface area contributed by atoms with Gasteiger partial charge < -0.3 is 4.90 Å². The van der Waals surface area contributed by atoms with E-state index in [2.05, 4.69) is 10.5 Å². The number of carbonyl (C=O) groups excluding carboxylic acids is 1. The number of hydrogen-bond donors (Lipinski definition) is 1. The smallest absolute Gasteiger partial charge is 0.264 e. The van der Waals surface area contributed by atoms with Gasteiger partial charge in [-0.25, -0.2) is 13.8 Å². The van der Waals surface area contributed by atoms with E-state index in [9.17, 15) is 13.2 Å². The summed E-state index contributed by atoms with van der Waals surface area (Å²) in [4.78, 5) is 14.9. The van der Waals surface area contributed by atoms with Crippen LogP contribution in [0.15, 0.2) is 82.8 Å². The lowest BCUT2D eigenvalue weighted by molar-refractivity contribution is -0.119. The molecule has 0 aromatic heterocycles. The Hall–Kier alpha value is -3.65. The summed E-state index contributed by atoms with van der Waals surface area (Å²) in [5.41, 5.74) is 6.57. The number of nitrogens with zero attached hydrogens (tertiary/aromatic N) is 3. The van der Waals surface area contributed by atoms with Gasteiger partial charge in [-0.05, 0) is 54.8 Å². The van der Waals surface area contributed by atoms with Crippen molar-refractivity contribution in [2.75, 3.05) is 29.8 Å². The monoisotopic (exact) mass is 478 g/mol. The van der Waals surface area contributed by atoms with Crippen LogP contribution in [0.5, 0.6) is 0 Å². The maximum Gasteiger partial charge on any atom is 0.264 e. The summed E-state index contributed by atoms with van der Waals surface area (Å²) >= 11 is 0. The van der Waals surface area contributed by atoms with Crippen LogP contribution >= 0.6 is 0 Å². The second-order valence-corrected chi connectivity index (χ2v) is 9.95. The summed E-state index contributed by atoms with van der Waals surface area (Å²) < 4.78 is 28.2. The Balaban J connectivity index is 1.84. The average Bonchev–Trinajstić information content (AvgIpc) is 2.83. The van der Waals surface area contributed by atoms with Gasteiger partial charge in [0, 0.05) is 19.8 Å². The van der Waals surface area contributed by atoms with E-state index >= 15 is 0 Å². The van der Waals surface area contributed by atoms with Crippen molar-refractivity contribution >= 4 is 33.5 Å². The van der Waals surface area contributed by atoms with Gasteiger partial charge in [-0.15, -0.1) is 0 Å². The summed E-state index contributed by atoms with van der Waals surface area (Å²) in [5.74, 6) is -0.539. The highest BCUT2D eigenvalue weighted by molar-refractivity contribution is 7.92. The molecule has 0 atom stereocenters. The molecule has 0 saturated heterocycles. The van der Waals surface area contributed by atoms with E-state index in [-0.39, 0.29) is 4.90 Å². The summed E-state index contributed by atoms with van der Waals surface area (Å²) in [7, 11) is -0.0631. The van der Waals surface area contributed by atoms with Crippen LogP contribution in [0.25, 0.3) is 0 Å². The van der Waals surface area contributed by atoms with Gasteiger partial charge in [-0.2, -0.15) is 5.10 Å². The van der Waals surface area contributed by atoms with E-state index in [4.69, 9.17) is 0 Å². The van der Waals surface area contributed by atoms with Crippen molar-refractivity contribution in [1.82, 2.24) is 5.43 Å². The molecule has 0 aliphatic carbocycles. The molecule has 8 heteroatoms. The molecule has 178 valence electrons. The largest absolute Gasteiger partial charge is 0.378 e. The van der Waals surface area contributed by atoms with Gasteiger partial charge in [0.05, 0.1) is 16.8 Å². The Labute approximate surface area is 201 Å². The van der Waals surface area contributed by atoms with Crippen LogP contribution < -0.4 is 14.6 Å². The molecule has 34 heavy (non-hydrogen) atoms. The minimum Gasteiger partial charge on any atom is -0.378 e. The van der Waals surface area contributed by atoms with E-state index < -0.39 is 22.5 Å². The van der Waals surface area contributed by atoms with Gasteiger partial charge in [0.25, 0.3) is 15.9 Å². The fourth-order valence-corrected chi connectivity index (χ4v) is 4.85. The lowest BCUT2D eigenvalue weighted by atomic mass is 10.1. The normalized spacial score (nSPS) is 11.4. The van der Waals surface area contributed by atoms with Gasteiger partial charge in [0.1, 0.15) is 6.54 Å². The zero-order chi connectivity index (χ0) is 24.7. The molecule has 0 bridgehead atoms. The first-order valence-electron chi connectivity index (χ1n) is 11.0. The maximum atomic E-state index is 13.5. The van der Waals surface area contributed by atoms with Gasteiger partial charge in [0.2, 0.25) is 0 Å². The molecule has 3 aromatic carbocycles. The minimum atomic E-state index is -3.97. The zero-order valence-corrected chi connectivity index (χ0v) is 20.7. The first kappa shape index (κ1) is 25.0. The Morgan fingerprint density at radius 3 is 2.24 bits per heavy atom. The molecule has 0 aliphatic heterocycles. The zero-order valence-electron chi connectivity index (χ0n) is 19.9. The Bertz CT molecular complexity index is 1250. The highest BCUT2D eigenvalue weighted by Gasteiger charge is 2.28. The number of amides is 1. The van der Waals surface area contributed by atoms with Crippen molar-refractivity contribution in [3.05, 3.63) is 89.5 Å². The van der Waals surface area contributed by atoms with E-state index in [1.807, 2.05) is 69.2 Å². The third kappa shape index (κ3) is 6.02. The maximum absolute atomic E-state index is 13.5. The fourth-order valence-electron chi connectivity index (χ4n) is 3.39. The summed E-state index contributed by atoms with van der Waals surface area (Å²) in [6.07, 6.45) is 2.15. The molecule has 0 fully saturated rings. The predicted molar refractivity (Wildman–Crippen MR) is 138 cm³/mol. The van der Waals surface area contributed by atoms with Crippen molar-refractivity contribution in [2.45, 2.75) is 25.2 Å². The number of carbonyl (C=O) groups is 1. The van der Waals surface area contributed by atoms with Crippen LogP contribution in [0.2, 0.25) is 0 Å². The van der Waals surface area contributed by atoms with Crippen molar-refractivity contribution in [1.29, 1.82) is 0 Å². The Morgan fingerprint density at radius 2 is 1.62 bits per heavy atom. The van der Waals surface area contributed by atoms with Gasteiger partial charge >= 0.3 is 0 Å². The molecule has 0 unspecified atom stereocenters. The lowest BCUT2D eigenvalue weighted by Gasteiger charge is -2.25. The Kier molecular flexibility index (Phi) is 8.07. The predicted octanol–water partition coefficient (Wildman–Crippen LogP) is 3.97. The second kappa shape index (κ2) is 11.0. The standard InChI is InChI=1S/C26H30N4O3S/c1-5-22-8-6-7-9-25(22)30(34(32,33)24-16-10-20(2)11-17-24)19-26(31)28-27-18-21-12-14-23(15-13-21)29(3)4/h6-18H,5,19H2,1-4H3,(H,28,31)/b27-18-. The van der Waals surface area contributed by atoms with Crippen LogP contribution in [-0.2, 0) is 21.2 Å². The number of para-hydroxylation sites is 1.